The Kier molecular flexibility index (Phi) is 5.43. The van der Waals surface area contributed by atoms with Crippen molar-refractivity contribution >= 4 is 43.2 Å². The van der Waals surface area contributed by atoms with Crippen molar-refractivity contribution in [2.75, 3.05) is 18.4 Å². The number of amides is 1. The Morgan fingerprint density at radius 1 is 1.21 bits per heavy atom. The number of ether oxygens (including phenoxy) is 1. The van der Waals surface area contributed by atoms with Gasteiger partial charge in [0, 0.05) is 13.6 Å². The third-order valence-electron chi connectivity index (χ3n) is 4.11. The lowest BCUT2D eigenvalue weighted by atomic mass is 10.2. The summed E-state index contributed by atoms with van der Waals surface area (Å²) in [7, 11) is -0.881. The number of hydrogen-bond acceptors (Lipinski definition) is 6. The number of benzene rings is 2. The van der Waals surface area contributed by atoms with Crippen molar-refractivity contribution in [3.8, 4) is 5.75 Å². The van der Waals surface area contributed by atoms with E-state index in [0.29, 0.717) is 16.9 Å². The van der Waals surface area contributed by atoms with E-state index < -0.39 is 15.9 Å². The Morgan fingerprint density at radius 3 is 2.64 bits per heavy atom. The van der Waals surface area contributed by atoms with Crippen molar-refractivity contribution < 1.29 is 17.9 Å². The van der Waals surface area contributed by atoms with Crippen molar-refractivity contribution in [3.05, 3.63) is 51.6 Å². The Hall–Kier alpha value is -2.85. The fourth-order valence-corrected chi connectivity index (χ4v) is 4.69. The molecule has 148 valence electrons. The highest BCUT2D eigenvalue weighted by Gasteiger charge is 2.20. The summed E-state index contributed by atoms with van der Waals surface area (Å²) in [6.07, 6.45) is 0. The highest BCUT2D eigenvalue weighted by Crippen LogP contribution is 2.26. The molecule has 1 aromatic heterocycles. The van der Waals surface area contributed by atoms with Crippen molar-refractivity contribution in [1.82, 2.24) is 9.88 Å². The molecule has 1 amide bonds. The molecule has 0 unspecified atom stereocenters. The number of hydrogen-bond donors (Lipinski definition) is 2. The van der Waals surface area contributed by atoms with E-state index in [9.17, 15) is 18.0 Å². The summed E-state index contributed by atoms with van der Waals surface area (Å²) >= 11 is 1.03. The number of methoxy groups -OCH3 is 1. The molecule has 28 heavy (non-hydrogen) atoms. The first-order chi connectivity index (χ1) is 13.3. The van der Waals surface area contributed by atoms with Crippen LogP contribution in [-0.4, -0.2) is 32.5 Å². The molecule has 0 aliphatic carbocycles. The number of rotatable bonds is 6. The van der Waals surface area contributed by atoms with Crippen LogP contribution in [0.4, 0.5) is 5.69 Å². The number of thiazole rings is 1. The number of anilines is 1. The van der Waals surface area contributed by atoms with Gasteiger partial charge in [0.05, 0.1) is 33.5 Å². The Labute approximate surface area is 165 Å². The van der Waals surface area contributed by atoms with E-state index in [4.69, 9.17) is 4.74 Å². The van der Waals surface area contributed by atoms with Crippen LogP contribution in [0.15, 0.2) is 46.1 Å². The van der Waals surface area contributed by atoms with E-state index in [2.05, 4.69) is 10.0 Å². The summed E-state index contributed by atoms with van der Waals surface area (Å²) in [6, 6.07) is 8.94. The lowest BCUT2D eigenvalue weighted by Crippen LogP contribution is -2.24. The lowest BCUT2D eigenvalue weighted by molar-refractivity contribution is 0.0952. The van der Waals surface area contributed by atoms with Crippen LogP contribution in [0.3, 0.4) is 0 Å². The molecule has 3 rings (SSSR count). The van der Waals surface area contributed by atoms with Gasteiger partial charge in [-0.15, -0.1) is 0 Å². The van der Waals surface area contributed by atoms with Crippen molar-refractivity contribution in [2.24, 2.45) is 7.05 Å². The average molecular weight is 422 g/mol. The van der Waals surface area contributed by atoms with Crippen LogP contribution in [0.25, 0.3) is 10.2 Å². The molecule has 8 nitrogen and oxygen atoms in total. The summed E-state index contributed by atoms with van der Waals surface area (Å²) in [6.45, 7) is 2.16. The molecule has 0 bridgehead atoms. The maximum absolute atomic E-state index is 12.8. The van der Waals surface area contributed by atoms with Gasteiger partial charge in [0.2, 0.25) is 0 Å². The minimum Gasteiger partial charge on any atom is -0.496 e. The minimum absolute atomic E-state index is 0.0732. The van der Waals surface area contributed by atoms with Crippen molar-refractivity contribution in [1.29, 1.82) is 0 Å². The van der Waals surface area contributed by atoms with Gasteiger partial charge in [0.15, 0.2) is 0 Å². The SMILES string of the molecule is CCNC(=O)c1cc(S(=O)(=O)Nc2ccc3c(c2)sc(=O)n3C)ccc1OC. The maximum Gasteiger partial charge on any atom is 0.307 e. The van der Waals surface area contributed by atoms with Gasteiger partial charge in [0.25, 0.3) is 15.9 Å². The smallest absolute Gasteiger partial charge is 0.307 e. The van der Waals surface area contributed by atoms with Crippen LogP contribution in [0, 0.1) is 0 Å². The molecule has 0 fully saturated rings. The molecule has 0 spiro atoms. The zero-order chi connectivity index (χ0) is 20.5. The van der Waals surface area contributed by atoms with Gasteiger partial charge < -0.3 is 14.6 Å². The molecule has 0 atom stereocenters. The van der Waals surface area contributed by atoms with Crippen LogP contribution >= 0.6 is 11.3 Å². The third kappa shape index (κ3) is 3.73. The molecule has 0 radical (unpaired) electrons. The molecular weight excluding hydrogens is 402 g/mol. The van der Waals surface area contributed by atoms with Crippen LogP contribution in [0.1, 0.15) is 17.3 Å². The molecule has 1 heterocycles. The predicted octanol–water partition coefficient (Wildman–Crippen LogP) is 2.16. The number of fused-ring (bicyclic) bond motifs is 1. The van der Waals surface area contributed by atoms with Gasteiger partial charge in [-0.25, -0.2) is 8.42 Å². The maximum atomic E-state index is 12.8. The number of carbonyl (C=O) groups excluding carboxylic acids is 1. The highest BCUT2D eigenvalue weighted by molar-refractivity contribution is 7.92. The second kappa shape index (κ2) is 7.64. The molecule has 2 aromatic carbocycles. The average Bonchev–Trinajstić information content (AvgIpc) is 2.94. The fourth-order valence-electron chi connectivity index (χ4n) is 2.70. The minimum atomic E-state index is -3.95. The van der Waals surface area contributed by atoms with E-state index in [1.807, 2.05) is 0 Å². The summed E-state index contributed by atoms with van der Waals surface area (Å²) < 4.78 is 35.4. The summed E-state index contributed by atoms with van der Waals surface area (Å²) in [4.78, 5) is 23.8. The molecule has 10 heteroatoms. The second-order valence-corrected chi connectivity index (χ2v) is 8.61. The molecular formula is C18H19N3O5S2. The van der Waals surface area contributed by atoms with E-state index in [0.717, 1.165) is 16.9 Å². The highest BCUT2D eigenvalue weighted by atomic mass is 32.2. The first kappa shape index (κ1) is 19.9. The number of carbonyl (C=O) groups is 1. The molecule has 0 saturated carbocycles. The predicted molar refractivity (Wildman–Crippen MR) is 109 cm³/mol. The van der Waals surface area contributed by atoms with Gasteiger partial charge in [-0.2, -0.15) is 0 Å². The number of nitrogens with zero attached hydrogens (tertiary/aromatic N) is 1. The number of aryl methyl sites for hydroxylation is 1. The van der Waals surface area contributed by atoms with E-state index in [1.54, 1.807) is 32.2 Å². The fraction of sp³-hybridized carbons (Fsp3) is 0.222. The first-order valence-electron chi connectivity index (χ1n) is 8.35. The normalized spacial score (nSPS) is 11.4. The number of sulfonamides is 1. The topological polar surface area (TPSA) is 107 Å². The monoisotopic (exact) mass is 421 g/mol. The van der Waals surface area contributed by atoms with Gasteiger partial charge in [-0.1, -0.05) is 11.3 Å². The first-order valence-corrected chi connectivity index (χ1v) is 10.7. The zero-order valence-electron chi connectivity index (χ0n) is 15.5. The Bertz CT molecular complexity index is 1210. The quantitative estimate of drug-likeness (QED) is 0.634. The van der Waals surface area contributed by atoms with E-state index in [1.165, 1.54) is 29.9 Å². The van der Waals surface area contributed by atoms with E-state index in [-0.39, 0.29) is 21.1 Å². The van der Waals surface area contributed by atoms with Crippen molar-refractivity contribution in [3.63, 3.8) is 0 Å². The summed E-state index contributed by atoms with van der Waals surface area (Å²) in [5.41, 5.74) is 1.18. The zero-order valence-corrected chi connectivity index (χ0v) is 17.1. The summed E-state index contributed by atoms with van der Waals surface area (Å²) in [5.74, 6) is -0.146. The Balaban J connectivity index is 1.97. The van der Waals surface area contributed by atoms with Gasteiger partial charge in [0.1, 0.15) is 5.75 Å². The third-order valence-corrected chi connectivity index (χ3v) is 6.48. The lowest BCUT2D eigenvalue weighted by Gasteiger charge is -2.12. The van der Waals surface area contributed by atoms with Crippen molar-refractivity contribution in [2.45, 2.75) is 11.8 Å². The molecule has 3 aromatic rings. The Morgan fingerprint density at radius 2 is 1.96 bits per heavy atom. The van der Waals surface area contributed by atoms with Crippen LogP contribution in [0.2, 0.25) is 0 Å². The number of nitrogens with one attached hydrogen (secondary N) is 2. The second-order valence-electron chi connectivity index (χ2n) is 5.94. The van der Waals surface area contributed by atoms with Crippen LogP contribution in [0.5, 0.6) is 5.75 Å². The van der Waals surface area contributed by atoms with Gasteiger partial charge in [-0.3, -0.25) is 14.3 Å². The number of aromatic nitrogens is 1. The molecule has 0 aliphatic rings. The van der Waals surface area contributed by atoms with Gasteiger partial charge >= 0.3 is 4.87 Å². The molecule has 0 saturated heterocycles. The van der Waals surface area contributed by atoms with E-state index >= 15 is 0 Å². The molecule has 2 N–H and O–H groups in total. The largest absolute Gasteiger partial charge is 0.496 e. The van der Waals surface area contributed by atoms with Crippen LogP contribution < -0.4 is 19.6 Å². The molecule has 0 aliphatic heterocycles. The standard InChI is InChI=1S/C18H19N3O5S2/c1-4-19-17(22)13-10-12(6-8-15(13)26-3)28(24,25)20-11-5-7-14-16(9-11)27-18(23)21(14)2/h5-10,20H,4H2,1-3H3,(H,19,22). The van der Waals surface area contributed by atoms with Gasteiger partial charge in [-0.05, 0) is 43.3 Å². The van der Waals surface area contributed by atoms with Crippen LogP contribution in [-0.2, 0) is 17.1 Å². The summed E-state index contributed by atoms with van der Waals surface area (Å²) in [5, 5.41) is 2.63.